The predicted molar refractivity (Wildman–Crippen MR) is 63.0 cm³/mol. The highest BCUT2D eigenvalue weighted by atomic mass is 15.2. The molecule has 1 saturated carbocycles. The lowest BCUT2D eigenvalue weighted by atomic mass is 9.80. The molecule has 1 aromatic rings. The zero-order valence-corrected chi connectivity index (χ0v) is 9.90. The fraction of sp³-hybridized carbons (Fsp3) is 0.750. The molecule has 0 bridgehead atoms. The van der Waals surface area contributed by atoms with Crippen LogP contribution < -0.4 is 5.32 Å². The van der Waals surface area contributed by atoms with Crippen molar-refractivity contribution in [2.45, 2.75) is 39.2 Å². The third kappa shape index (κ3) is 2.16. The van der Waals surface area contributed by atoms with Crippen LogP contribution in [0.15, 0.2) is 12.4 Å². The number of anilines is 1. The molecule has 0 radical (unpaired) electrons. The number of hydrogen-bond acceptors (Lipinski definition) is 2. The Hall–Kier alpha value is -0.990. The third-order valence-corrected chi connectivity index (χ3v) is 3.44. The molecule has 0 saturated heterocycles. The molecule has 1 aliphatic carbocycles. The Morgan fingerprint density at radius 2 is 1.93 bits per heavy atom. The van der Waals surface area contributed by atoms with Gasteiger partial charge in [0.1, 0.15) is 0 Å². The lowest BCUT2D eigenvalue weighted by Gasteiger charge is -2.32. The summed E-state index contributed by atoms with van der Waals surface area (Å²) in [6.45, 7) is 4.72. The second kappa shape index (κ2) is 4.25. The molecule has 3 nitrogen and oxygen atoms in total. The largest absolute Gasteiger partial charge is 0.359 e. The molecule has 0 amide bonds. The van der Waals surface area contributed by atoms with E-state index in [0.29, 0.717) is 6.04 Å². The van der Waals surface area contributed by atoms with E-state index in [2.05, 4.69) is 34.9 Å². The molecule has 1 fully saturated rings. The van der Waals surface area contributed by atoms with Crippen molar-refractivity contribution in [3.63, 3.8) is 0 Å². The first-order valence-electron chi connectivity index (χ1n) is 5.91. The normalized spacial score (nSPS) is 31.5. The van der Waals surface area contributed by atoms with Crippen LogP contribution in [0.5, 0.6) is 0 Å². The van der Waals surface area contributed by atoms with E-state index in [9.17, 15) is 0 Å². The molecule has 84 valence electrons. The quantitative estimate of drug-likeness (QED) is 0.808. The minimum atomic E-state index is 0.633. The summed E-state index contributed by atoms with van der Waals surface area (Å²) in [5, 5.41) is 3.15. The number of nitrogens with zero attached hydrogens (tertiary/aromatic N) is 2. The van der Waals surface area contributed by atoms with Crippen molar-refractivity contribution in [1.29, 1.82) is 0 Å². The maximum absolute atomic E-state index is 4.31. The highest BCUT2D eigenvalue weighted by Gasteiger charge is 2.25. The first-order chi connectivity index (χ1) is 7.20. The van der Waals surface area contributed by atoms with Gasteiger partial charge in [0.15, 0.2) is 0 Å². The molecule has 1 heterocycles. The molecule has 0 aliphatic heterocycles. The summed E-state index contributed by atoms with van der Waals surface area (Å²) in [6, 6.07) is 0.633. The van der Waals surface area contributed by atoms with Gasteiger partial charge in [0.2, 0.25) is 5.95 Å². The Morgan fingerprint density at radius 3 is 2.53 bits per heavy atom. The Balaban J connectivity index is 2.16. The van der Waals surface area contributed by atoms with E-state index >= 15 is 0 Å². The number of nitrogens with one attached hydrogen (secondary N) is 1. The molecule has 1 aliphatic rings. The molecule has 15 heavy (non-hydrogen) atoms. The van der Waals surface area contributed by atoms with Crippen molar-refractivity contribution in [1.82, 2.24) is 9.55 Å². The highest BCUT2D eigenvalue weighted by molar-refractivity contribution is 5.25. The lowest BCUT2D eigenvalue weighted by Crippen LogP contribution is -2.23. The second-order valence-electron chi connectivity index (χ2n) is 4.98. The Kier molecular flexibility index (Phi) is 2.98. The molecule has 3 heteroatoms. The van der Waals surface area contributed by atoms with Gasteiger partial charge in [-0.1, -0.05) is 13.8 Å². The van der Waals surface area contributed by atoms with E-state index in [1.54, 1.807) is 0 Å². The minimum absolute atomic E-state index is 0.633. The first kappa shape index (κ1) is 10.5. The van der Waals surface area contributed by atoms with Gasteiger partial charge in [-0.15, -0.1) is 0 Å². The van der Waals surface area contributed by atoms with Crippen molar-refractivity contribution >= 4 is 5.95 Å². The second-order valence-corrected chi connectivity index (χ2v) is 4.98. The Bertz CT molecular complexity index is 308. The molecular weight excluding hydrogens is 186 g/mol. The van der Waals surface area contributed by atoms with Gasteiger partial charge in [-0.2, -0.15) is 0 Å². The molecule has 1 N–H and O–H groups in total. The van der Waals surface area contributed by atoms with Gasteiger partial charge in [0.25, 0.3) is 0 Å². The summed E-state index contributed by atoms with van der Waals surface area (Å²) >= 11 is 0. The van der Waals surface area contributed by atoms with Crippen LogP contribution >= 0.6 is 0 Å². The van der Waals surface area contributed by atoms with Crippen LogP contribution in [0, 0.1) is 11.8 Å². The average Bonchev–Trinajstić information content (AvgIpc) is 2.63. The fourth-order valence-corrected chi connectivity index (χ4v) is 2.93. The summed E-state index contributed by atoms with van der Waals surface area (Å²) < 4.78 is 2.30. The summed E-state index contributed by atoms with van der Waals surface area (Å²) in [7, 11) is 1.94. The van der Waals surface area contributed by atoms with Crippen LogP contribution in [0.3, 0.4) is 0 Å². The Morgan fingerprint density at radius 1 is 1.27 bits per heavy atom. The van der Waals surface area contributed by atoms with E-state index in [4.69, 9.17) is 0 Å². The molecule has 2 unspecified atom stereocenters. The zero-order valence-electron chi connectivity index (χ0n) is 9.90. The van der Waals surface area contributed by atoms with Crippen molar-refractivity contribution < 1.29 is 0 Å². The number of aromatic nitrogens is 2. The van der Waals surface area contributed by atoms with Gasteiger partial charge in [-0.3, -0.25) is 0 Å². The van der Waals surface area contributed by atoms with Crippen molar-refractivity contribution in [2.24, 2.45) is 11.8 Å². The Labute approximate surface area is 91.9 Å². The van der Waals surface area contributed by atoms with Gasteiger partial charge >= 0.3 is 0 Å². The van der Waals surface area contributed by atoms with Crippen LogP contribution in [0.25, 0.3) is 0 Å². The molecule has 2 atom stereocenters. The van der Waals surface area contributed by atoms with Crippen LogP contribution in [0.2, 0.25) is 0 Å². The average molecular weight is 207 g/mol. The van der Waals surface area contributed by atoms with Gasteiger partial charge in [-0.25, -0.2) is 4.98 Å². The summed E-state index contributed by atoms with van der Waals surface area (Å²) in [4.78, 5) is 4.31. The monoisotopic (exact) mass is 207 g/mol. The van der Waals surface area contributed by atoms with Crippen molar-refractivity contribution in [3.8, 4) is 0 Å². The van der Waals surface area contributed by atoms with Crippen molar-refractivity contribution in [2.75, 3.05) is 12.4 Å². The van der Waals surface area contributed by atoms with E-state index in [1.165, 1.54) is 19.3 Å². The smallest absolute Gasteiger partial charge is 0.202 e. The fourth-order valence-electron chi connectivity index (χ4n) is 2.93. The summed E-state index contributed by atoms with van der Waals surface area (Å²) in [5.74, 6) is 2.68. The minimum Gasteiger partial charge on any atom is -0.359 e. The standard InChI is InChI=1S/C12H21N3/c1-9-6-10(2)8-11(7-9)15-5-4-14-12(15)13-3/h4-5,9-11H,6-8H2,1-3H3,(H,13,14). The third-order valence-electron chi connectivity index (χ3n) is 3.44. The molecule has 0 spiro atoms. The highest BCUT2D eigenvalue weighted by Crippen LogP contribution is 2.36. The van der Waals surface area contributed by atoms with E-state index < -0.39 is 0 Å². The number of hydrogen-bond donors (Lipinski definition) is 1. The topological polar surface area (TPSA) is 29.9 Å². The van der Waals surface area contributed by atoms with E-state index in [0.717, 1.165) is 17.8 Å². The van der Waals surface area contributed by atoms with E-state index in [-0.39, 0.29) is 0 Å². The van der Waals surface area contributed by atoms with Crippen LogP contribution in [0.4, 0.5) is 5.95 Å². The van der Waals surface area contributed by atoms with Gasteiger partial charge in [0, 0.05) is 25.5 Å². The van der Waals surface area contributed by atoms with E-state index in [1.807, 2.05) is 13.2 Å². The molecule has 0 aromatic carbocycles. The van der Waals surface area contributed by atoms with Crippen LogP contribution in [-0.2, 0) is 0 Å². The summed E-state index contributed by atoms with van der Waals surface area (Å²) in [5.41, 5.74) is 0. The molecule has 2 rings (SSSR count). The number of rotatable bonds is 2. The van der Waals surface area contributed by atoms with Gasteiger partial charge in [0.05, 0.1) is 0 Å². The molecular formula is C12H21N3. The predicted octanol–water partition coefficient (Wildman–Crippen LogP) is 2.92. The zero-order chi connectivity index (χ0) is 10.8. The lowest BCUT2D eigenvalue weighted by molar-refractivity contribution is 0.223. The summed E-state index contributed by atoms with van der Waals surface area (Å²) in [6.07, 6.45) is 7.93. The molecule has 1 aromatic heterocycles. The maximum atomic E-state index is 4.31. The number of imidazole rings is 1. The van der Waals surface area contributed by atoms with Crippen molar-refractivity contribution in [3.05, 3.63) is 12.4 Å². The first-order valence-corrected chi connectivity index (χ1v) is 5.91. The van der Waals surface area contributed by atoms with Crippen LogP contribution in [-0.4, -0.2) is 16.6 Å². The van der Waals surface area contributed by atoms with Gasteiger partial charge in [-0.05, 0) is 31.1 Å². The van der Waals surface area contributed by atoms with Crippen LogP contribution in [0.1, 0.15) is 39.2 Å². The maximum Gasteiger partial charge on any atom is 0.202 e. The van der Waals surface area contributed by atoms with Gasteiger partial charge < -0.3 is 9.88 Å². The SMILES string of the molecule is CNc1nccn1C1CC(C)CC(C)C1.